The highest BCUT2D eigenvalue weighted by molar-refractivity contribution is 6.21. The van der Waals surface area contributed by atoms with Crippen LogP contribution in [0.15, 0.2) is 24.3 Å². The molecule has 0 aromatic heterocycles. The zero-order valence-electron chi connectivity index (χ0n) is 11.2. The average molecular weight is 291 g/mol. The van der Waals surface area contributed by atoms with Gasteiger partial charge in [0.05, 0.1) is 11.1 Å². The molecule has 110 valence electrons. The molecule has 3 rings (SSSR count). The number of benzene rings is 1. The third-order valence-corrected chi connectivity index (χ3v) is 3.70. The summed E-state index contributed by atoms with van der Waals surface area (Å²) in [6, 6.07) is 5.40. The molecular formula is C14H13NO6. The van der Waals surface area contributed by atoms with Crippen LogP contribution in [0.25, 0.3) is 0 Å². The van der Waals surface area contributed by atoms with Crippen LogP contribution in [0.3, 0.4) is 0 Å². The van der Waals surface area contributed by atoms with Gasteiger partial charge in [-0.05, 0) is 18.6 Å². The standard InChI is InChI=1S/C14H13NO6/c1-2-5-10(14(13(18)19)20-21-14)15-11(16)8-6-3-4-7-9(8)12(15)17/h3-4,6-7,10H,2,5H2,1H3,(H,18,19). The van der Waals surface area contributed by atoms with Gasteiger partial charge in [-0.1, -0.05) is 25.5 Å². The highest BCUT2D eigenvalue weighted by Gasteiger charge is 2.67. The van der Waals surface area contributed by atoms with Gasteiger partial charge in [-0.2, -0.15) is 9.78 Å². The lowest BCUT2D eigenvalue weighted by Crippen LogP contribution is -2.52. The molecule has 2 aliphatic heterocycles. The van der Waals surface area contributed by atoms with Crippen molar-refractivity contribution < 1.29 is 29.3 Å². The molecule has 1 N–H and O–H groups in total. The van der Waals surface area contributed by atoms with Crippen LogP contribution < -0.4 is 0 Å². The summed E-state index contributed by atoms with van der Waals surface area (Å²) < 4.78 is 0. The lowest BCUT2D eigenvalue weighted by molar-refractivity contribution is -0.146. The summed E-state index contributed by atoms with van der Waals surface area (Å²) in [5.74, 6) is -4.33. The maximum absolute atomic E-state index is 12.4. The Balaban J connectivity index is 2.01. The predicted octanol–water partition coefficient (Wildman–Crippen LogP) is 1.19. The topological polar surface area (TPSA) is 99.7 Å². The van der Waals surface area contributed by atoms with Crippen molar-refractivity contribution in [2.24, 2.45) is 0 Å². The molecule has 2 aliphatic rings. The molecule has 1 aromatic rings. The van der Waals surface area contributed by atoms with Crippen molar-refractivity contribution in [3.63, 3.8) is 0 Å². The van der Waals surface area contributed by atoms with Gasteiger partial charge < -0.3 is 5.11 Å². The number of imide groups is 1. The first-order valence-corrected chi connectivity index (χ1v) is 6.60. The Hall–Kier alpha value is -2.25. The van der Waals surface area contributed by atoms with E-state index in [-0.39, 0.29) is 17.5 Å². The van der Waals surface area contributed by atoms with E-state index in [0.717, 1.165) is 4.90 Å². The maximum atomic E-state index is 12.4. The second-order valence-corrected chi connectivity index (χ2v) is 4.97. The Morgan fingerprint density at radius 1 is 1.24 bits per heavy atom. The third-order valence-electron chi connectivity index (χ3n) is 3.70. The summed E-state index contributed by atoms with van der Waals surface area (Å²) in [6.07, 6.45) is 0.845. The first-order valence-electron chi connectivity index (χ1n) is 6.60. The molecule has 1 fully saturated rings. The first-order chi connectivity index (χ1) is 10.0. The molecule has 0 saturated carbocycles. The average Bonchev–Trinajstić information content (AvgIpc) is 3.23. The lowest BCUT2D eigenvalue weighted by Gasteiger charge is -2.26. The molecule has 1 atom stereocenters. The zero-order chi connectivity index (χ0) is 15.2. The summed E-state index contributed by atoms with van der Waals surface area (Å²) in [7, 11) is 0. The van der Waals surface area contributed by atoms with Crippen molar-refractivity contribution >= 4 is 17.8 Å². The van der Waals surface area contributed by atoms with Crippen molar-refractivity contribution in [1.82, 2.24) is 4.90 Å². The number of fused-ring (bicyclic) bond motifs is 1. The molecule has 1 aromatic carbocycles. The Labute approximate surface area is 120 Å². The number of hydrogen-bond donors (Lipinski definition) is 1. The minimum atomic E-state index is -1.94. The van der Waals surface area contributed by atoms with Gasteiger partial charge >= 0.3 is 11.8 Å². The summed E-state index contributed by atoms with van der Waals surface area (Å²) in [6.45, 7) is 1.82. The van der Waals surface area contributed by atoms with Gasteiger partial charge in [0.1, 0.15) is 6.04 Å². The predicted molar refractivity (Wildman–Crippen MR) is 68.2 cm³/mol. The fraction of sp³-hybridized carbons (Fsp3) is 0.357. The normalized spacial score (nSPS) is 20.3. The minimum Gasteiger partial charge on any atom is -0.477 e. The second kappa shape index (κ2) is 4.64. The molecular weight excluding hydrogens is 278 g/mol. The van der Waals surface area contributed by atoms with Gasteiger partial charge in [0.15, 0.2) is 0 Å². The van der Waals surface area contributed by atoms with Crippen molar-refractivity contribution in [2.45, 2.75) is 31.6 Å². The lowest BCUT2D eigenvalue weighted by atomic mass is 10.0. The van der Waals surface area contributed by atoms with Crippen molar-refractivity contribution in [2.75, 3.05) is 0 Å². The molecule has 1 unspecified atom stereocenters. The van der Waals surface area contributed by atoms with Crippen molar-refractivity contribution in [1.29, 1.82) is 0 Å². The van der Waals surface area contributed by atoms with E-state index in [1.54, 1.807) is 24.3 Å². The largest absolute Gasteiger partial charge is 0.477 e. The Bertz CT molecular complexity index is 601. The molecule has 7 heteroatoms. The van der Waals surface area contributed by atoms with Gasteiger partial charge in [-0.3, -0.25) is 14.5 Å². The van der Waals surface area contributed by atoms with E-state index in [1.807, 2.05) is 6.92 Å². The van der Waals surface area contributed by atoms with Crippen LogP contribution >= 0.6 is 0 Å². The number of nitrogens with zero attached hydrogens (tertiary/aromatic N) is 1. The Morgan fingerprint density at radius 2 is 1.76 bits per heavy atom. The van der Waals surface area contributed by atoms with E-state index in [1.165, 1.54) is 0 Å². The van der Waals surface area contributed by atoms with E-state index in [0.29, 0.717) is 6.42 Å². The van der Waals surface area contributed by atoms with E-state index >= 15 is 0 Å². The van der Waals surface area contributed by atoms with Gasteiger partial charge in [-0.15, -0.1) is 0 Å². The SMILES string of the molecule is CCCC(N1C(=O)c2ccccc2C1=O)C1(C(=O)O)OO1. The fourth-order valence-electron chi connectivity index (χ4n) is 2.62. The molecule has 2 heterocycles. The first kappa shape index (κ1) is 13.7. The Morgan fingerprint density at radius 3 is 2.14 bits per heavy atom. The number of carboxylic acids is 1. The van der Waals surface area contributed by atoms with Crippen molar-refractivity contribution in [3.05, 3.63) is 35.4 Å². The summed E-state index contributed by atoms with van der Waals surface area (Å²) in [4.78, 5) is 46.4. The quantitative estimate of drug-likeness (QED) is 0.497. The molecule has 0 spiro atoms. The molecule has 0 bridgehead atoms. The zero-order valence-corrected chi connectivity index (χ0v) is 11.2. The van der Waals surface area contributed by atoms with E-state index in [4.69, 9.17) is 0 Å². The number of carbonyl (C=O) groups is 3. The summed E-state index contributed by atoms with van der Waals surface area (Å²) >= 11 is 0. The summed E-state index contributed by atoms with van der Waals surface area (Å²) in [5, 5.41) is 9.25. The van der Waals surface area contributed by atoms with Crippen LogP contribution in [-0.4, -0.2) is 39.6 Å². The number of rotatable bonds is 5. The smallest absolute Gasteiger partial charge is 0.372 e. The number of carboxylic acid groups (broad SMARTS) is 1. The monoisotopic (exact) mass is 291 g/mol. The number of aliphatic carboxylic acids is 1. The second-order valence-electron chi connectivity index (χ2n) is 4.97. The molecule has 21 heavy (non-hydrogen) atoms. The van der Waals surface area contributed by atoms with Crippen LogP contribution in [0, 0.1) is 0 Å². The fourth-order valence-corrected chi connectivity index (χ4v) is 2.62. The molecule has 7 nitrogen and oxygen atoms in total. The van der Waals surface area contributed by atoms with Gasteiger partial charge in [-0.25, -0.2) is 4.79 Å². The van der Waals surface area contributed by atoms with Crippen LogP contribution in [-0.2, 0) is 14.6 Å². The van der Waals surface area contributed by atoms with Gasteiger partial charge in [0.25, 0.3) is 11.8 Å². The van der Waals surface area contributed by atoms with Crippen LogP contribution in [0.1, 0.15) is 40.5 Å². The summed E-state index contributed by atoms with van der Waals surface area (Å²) in [5.41, 5.74) is 0.537. The van der Waals surface area contributed by atoms with Gasteiger partial charge in [0.2, 0.25) is 0 Å². The highest BCUT2D eigenvalue weighted by atomic mass is 17.4. The van der Waals surface area contributed by atoms with Crippen LogP contribution in [0.4, 0.5) is 0 Å². The van der Waals surface area contributed by atoms with Crippen molar-refractivity contribution in [3.8, 4) is 0 Å². The number of carbonyl (C=O) groups excluding carboxylic acids is 2. The third kappa shape index (κ3) is 1.85. The minimum absolute atomic E-state index is 0.268. The van der Waals surface area contributed by atoms with E-state index in [9.17, 15) is 19.5 Å². The van der Waals surface area contributed by atoms with E-state index in [2.05, 4.69) is 9.78 Å². The molecule has 0 aliphatic carbocycles. The molecule has 1 saturated heterocycles. The van der Waals surface area contributed by atoms with Crippen LogP contribution in [0.2, 0.25) is 0 Å². The maximum Gasteiger partial charge on any atom is 0.372 e. The number of amides is 2. The number of hydrogen-bond acceptors (Lipinski definition) is 5. The Kier molecular flexibility index (Phi) is 3.03. The van der Waals surface area contributed by atoms with E-state index < -0.39 is 29.6 Å². The molecule has 2 amide bonds. The van der Waals surface area contributed by atoms with Crippen LogP contribution in [0.5, 0.6) is 0 Å². The molecule has 0 radical (unpaired) electrons. The van der Waals surface area contributed by atoms with Gasteiger partial charge in [0, 0.05) is 0 Å². The highest BCUT2D eigenvalue weighted by Crippen LogP contribution is 2.41.